The Bertz CT molecular complexity index is 702. The Morgan fingerprint density at radius 1 is 1.29 bits per heavy atom. The third-order valence-electron chi connectivity index (χ3n) is 3.16. The summed E-state index contributed by atoms with van der Waals surface area (Å²) in [5, 5.41) is 2.61. The van der Waals surface area contributed by atoms with Gasteiger partial charge in [0.1, 0.15) is 10.6 Å². The number of nitrogens with one attached hydrogen (secondary N) is 2. The SMILES string of the molecule is CCCNC(=O)[C@@H](C)OC(=O)c1ccc(OC)c(S(=O)(=O)NC)c1. The third-order valence-corrected chi connectivity index (χ3v) is 4.60. The molecule has 0 fully saturated rings. The number of sulfonamides is 1. The van der Waals surface area contributed by atoms with Crippen LogP contribution in [0.15, 0.2) is 23.1 Å². The van der Waals surface area contributed by atoms with Crippen LogP contribution in [0.2, 0.25) is 0 Å². The molecule has 0 aromatic heterocycles. The van der Waals surface area contributed by atoms with Crippen molar-refractivity contribution in [2.24, 2.45) is 0 Å². The van der Waals surface area contributed by atoms with Crippen LogP contribution in [0.4, 0.5) is 0 Å². The van der Waals surface area contributed by atoms with Gasteiger partial charge in [-0.1, -0.05) is 6.92 Å². The van der Waals surface area contributed by atoms with Gasteiger partial charge in [0.15, 0.2) is 6.10 Å². The second-order valence-electron chi connectivity index (χ2n) is 4.91. The van der Waals surface area contributed by atoms with Crippen LogP contribution in [0.5, 0.6) is 5.75 Å². The summed E-state index contributed by atoms with van der Waals surface area (Å²) in [6.07, 6.45) is -0.230. The van der Waals surface area contributed by atoms with Crippen molar-refractivity contribution in [3.05, 3.63) is 23.8 Å². The van der Waals surface area contributed by atoms with Crippen LogP contribution >= 0.6 is 0 Å². The first-order valence-corrected chi connectivity index (χ1v) is 8.85. The van der Waals surface area contributed by atoms with Crippen LogP contribution in [-0.2, 0) is 19.6 Å². The highest BCUT2D eigenvalue weighted by Gasteiger charge is 2.23. The van der Waals surface area contributed by atoms with Gasteiger partial charge in [-0.3, -0.25) is 4.79 Å². The first-order valence-electron chi connectivity index (χ1n) is 7.37. The summed E-state index contributed by atoms with van der Waals surface area (Å²) in [6, 6.07) is 3.86. The lowest BCUT2D eigenvalue weighted by molar-refractivity contribution is -0.129. The van der Waals surface area contributed by atoms with Crippen molar-refractivity contribution >= 4 is 21.9 Å². The minimum absolute atomic E-state index is 0.000216. The molecular weight excluding hydrogens is 336 g/mol. The molecule has 0 heterocycles. The summed E-state index contributed by atoms with van der Waals surface area (Å²) < 4.78 is 36.2. The van der Waals surface area contributed by atoms with E-state index in [1.54, 1.807) is 0 Å². The van der Waals surface area contributed by atoms with E-state index in [-0.39, 0.29) is 16.2 Å². The zero-order chi connectivity index (χ0) is 18.3. The fourth-order valence-electron chi connectivity index (χ4n) is 1.80. The summed E-state index contributed by atoms with van der Waals surface area (Å²) in [4.78, 5) is 23.7. The van der Waals surface area contributed by atoms with Crippen LogP contribution in [0.3, 0.4) is 0 Å². The molecule has 1 atom stereocenters. The van der Waals surface area contributed by atoms with Gasteiger partial charge in [-0.25, -0.2) is 17.9 Å². The number of benzene rings is 1. The minimum Gasteiger partial charge on any atom is -0.495 e. The van der Waals surface area contributed by atoms with Crippen molar-refractivity contribution in [2.45, 2.75) is 31.3 Å². The molecule has 0 aliphatic rings. The maximum Gasteiger partial charge on any atom is 0.338 e. The fraction of sp³-hybridized carbons (Fsp3) is 0.467. The van der Waals surface area contributed by atoms with Gasteiger partial charge < -0.3 is 14.8 Å². The maximum absolute atomic E-state index is 12.1. The molecule has 0 radical (unpaired) electrons. The first kappa shape index (κ1) is 19.9. The molecule has 0 spiro atoms. The van der Waals surface area contributed by atoms with Gasteiger partial charge in [0.2, 0.25) is 10.0 Å². The highest BCUT2D eigenvalue weighted by molar-refractivity contribution is 7.89. The van der Waals surface area contributed by atoms with Gasteiger partial charge in [-0.15, -0.1) is 0 Å². The average Bonchev–Trinajstić information content (AvgIpc) is 2.58. The number of amides is 1. The molecule has 0 bridgehead atoms. The molecule has 1 aromatic rings. The van der Waals surface area contributed by atoms with E-state index >= 15 is 0 Å². The van der Waals surface area contributed by atoms with Gasteiger partial charge >= 0.3 is 5.97 Å². The zero-order valence-electron chi connectivity index (χ0n) is 14.1. The van der Waals surface area contributed by atoms with Gasteiger partial charge in [0.05, 0.1) is 12.7 Å². The Morgan fingerprint density at radius 2 is 1.96 bits per heavy atom. The number of hydrogen-bond acceptors (Lipinski definition) is 6. The topological polar surface area (TPSA) is 111 Å². The van der Waals surface area contributed by atoms with E-state index in [4.69, 9.17) is 9.47 Å². The molecule has 0 saturated carbocycles. The highest BCUT2D eigenvalue weighted by Crippen LogP contribution is 2.25. The quantitative estimate of drug-likeness (QED) is 0.661. The lowest BCUT2D eigenvalue weighted by Gasteiger charge is -2.14. The van der Waals surface area contributed by atoms with Crippen LogP contribution in [0.1, 0.15) is 30.6 Å². The molecule has 1 rings (SSSR count). The van der Waals surface area contributed by atoms with Crippen molar-refractivity contribution in [1.82, 2.24) is 10.0 Å². The molecule has 8 nitrogen and oxygen atoms in total. The lowest BCUT2D eigenvalue weighted by atomic mass is 10.2. The van der Waals surface area contributed by atoms with Crippen molar-refractivity contribution in [2.75, 3.05) is 20.7 Å². The standard InChI is InChI=1S/C15H22N2O6S/c1-5-8-17-14(18)10(2)23-15(19)11-6-7-12(22-4)13(9-11)24(20,21)16-3/h6-7,9-10,16H,5,8H2,1-4H3,(H,17,18)/t10-/m1/s1. The summed E-state index contributed by atoms with van der Waals surface area (Å²) in [5.41, 5.74) is -0.000216. The predicted octanol–water partition coefficient (Wildman–Crippen LogP) is 0.675. The summed E-state index contributed by atoms with van der Waals surface area (Å²) in [6.45, 7) is 3.82. The predicted molar refractivity (Wildman–Crippen MR) is 87.4 cm³/mol. The van der Waals surface area contributed by atoms with E-state index in [1.807, 2.05) is 6.92 Å². The summed E-state index contributed by atoms with van der Waals surface area (Å²) in [7, 11) is -1.24. The number of esters is 1. The van der Waals surface area contributed by atoms with Gasteiger partial charge in [-0.2, -0.15) is 0 Å². The van der Waals surface area contributed by atoms with E-state index in [1.165, 1.54) is 33.2 Å². The Hall–Kier alpha value is -2.13. The van der Waals surface area contributed by atoms with Crippen LogP contribution < -0.4 is 14.8 Å². The van der Waals surface area contributed by atoms with Gasteiger partial charge in [0.25, 0.3) is 5.91 Å². The molecule has 0 aliphatic carbocycles. The average molecular weight is 358 g/mol. The monoisotopic (exact) mass is 358 g/mol. The van der Waals surface area contributed by atoms with Crippen molar-refractivity contribution in [1.29, 1.82) is 0 Å². The lowest BCUT2D eigenvalue weighted by Crippen LogP contribution is -2.36. The number of ether oxygens (including phenoxy) is 2. The molecule has 24 heavy (non-hydrogen) atoms. The van der Waals surface area contributed by atoms with E-state index in [0.717, 1.165) is 12.5 Å². The summed E-state index contributed by atoms with van der Waals surface area (Å²) in [5.74, 6) is -1.12. The van der Waals surface area contributed by atoms with Crippen LogP contribution in [0.25, 0.3) is 0 Å². The van der Waals surface area contributed by atoms with Crippen molar-refractivity contribution < 1.29 is 27.5 Å². The van der Waals surface area contributed by atoms with Crippen LogP contribution in [-0.4, -0.2) is 47.1 Å². The molecule has 0 unspecified atom stereocenters. The Kier molecular flexibility index (Phi) is 7.18. The normalized spacial score (nSPS) is 12.3. The molecule has 2 N–H and O–H groups in total. The molecule has 134 valence electrons. The third kappa shape index (κ3) is 4.93. The van der Waals surface area contributed by atoms with Gasteiger partial charge in [0, 0.05) is 6.54 Å². The Labute approximate surface area is 141 Å². The fourth-order valence-corrected chi connectivity index (χ4v) is 2.72. The van der Waals surface area contributed by atoms with E-state index < -0.39 is 28.0 Å². The molecular formula is C15H22N2O6S. The zero-order valence-corrected chi connectivity index (χ0v) is 14.9. The molecule has 0 aliphatic heterocycles. The minimum atomic E-state index is -3.82. The molecule has 1 aromatic carbocycles. The molecule has 1 amide bonds. The van der Waals surface area contributed by atoms with Crippen molar-refractivity contribution in [3.63, 3.8) is 0 Å². The van der Waals surface area contributed by atoms with Crippen LogP contribution in [0, 0.1) is 0 Å². The van der Waals surface area contributed by atoms with Crippen molar-refractivity contribution in [3.8, 4) is 5.75 Å². The van der Waals surface area contributed by atoms with Gasteiger partial charge in [-0.05, 0) is 38.6 Å². The smallest absolute Gasteiger partial charge is 0.338 e. The number of methoxy groups -OCH3 is 1. The second kappa shape index (κ2) is 8.65. The summed E-state index contributed by atoms with van der Waals surface area (Å²) >= 11 is 0. The number of hydrogen-bond donors (Lipinski definition) is 2. The largest absolute Gasteiger partial charge is 0.495 e. The van der Waals surface area contributed by atoms with E-state index in [2.05, 4.69) is 10.0 Å². The second-order valence-corrected chi connectivity index (χ2v) is 6.77. The van der Waals surface area contributed by atoms with E-state index in [9.17, 15) is 18.0 Å². The number of rotatable bonds is 8. The highest BCUT2D eigenvalue weighted by atomic mass is 32.2. The molecule has 9 heteroatoms. The Balaban J connectivity index is 3.00. The molecule has 0 saturated heterocycles. The number of carbonyl (C=O) groups is 2. The van der Waals surface area contributed by atoms with E-state index in [0.29, 0.717) is 6.54 Å². The first-order chi connectivity index (χ1) is 11.3. The number of carbonyl (C=O) groups excluding carboxylic acids is 2. The maximum atomic E-state index is 12.1. The Morgan fingerprint density at radius 3 is 2.50 bits per heavy atom.